The lowest BCUT2D eigenvalue weighted by molar-refractivity contribution is -0.248. The Balaban J connectivity index is 1.19. The molecule has 0 aromatic heterocycles. The SMILES string of the molecule is CCNCC1=CC2(C)CCC1C1(OC3CC4(O)C5=CC(=O)C6C(c7cc(O)cc(O)c7)C7(O)CCC5(CCC4(C)C3C1(O)CCO)C6(C)CC7O)C(O)C2C. The normalized spacial score (nSPS) is 53.3. The number of allylic oxidation sites excluding steroid dienone is 2. The van der Waals surface area contributed by atoms with Crippen molar-refractivity contribution in [3.05, 3.63) is 47.1 Å². The number of aliphatic hydroxyl groups excluding tert-OH is 3. The van der Waals surface area contributed by atoms with Crippen LogP contribution in [0.4, 0.5) is 0 Å². The van der Waals surface area contributed by atoms with Crippen molar-refractivity contribution in [3.8, 4) is 11.5 Å². The highest BCUT2D eigenvalue weighted by Crippen LogP contribution is 2.80. The first-order chi connectivity index (χ1) is 25.8. The molecule has 2 spiro atoms. The van der Waals surface area contributed by atoms with Gasteiger partial charge in [-0.05, 0) is 97.6 Å². The third-order valence-electron chi connectivity index (χ3n) is 18.2. The van der Waals surface area contributed by atoms with Crippen molar-refractivity contribution in [1.82, 2.24) is 5.32 Å². The molecule has 16 atom stereocenters. The van der Waals surface area contributed by atoms with Crippen molar-refractivity contribution in [2.45, 2.75) is 139 Å². The number of carbonyl (C=O) groups is 1. The van der Waals surface area contributed by atoms with E-state index in [1.54, 1.807) is 6.08 Å². The molecular formula is C44H61NO10. The second-order valence-electron chi connectivity index (χ2n) is 20.0. The van der Waals surface area contributed by atoms with Gasteiger partial charge in [0.2, 0.25) is 0 Å². The smallest absolute Gasteiger partial charge is 0.160 e. The lowest BCUT2D eigenvalue weighted by atomic mass is 9.38. The summed E-state index contributed by atoms with van der Waals surface area (Å²) in [6.07, 6.45) is 4.06. The van der Waals surface area contributed by atoms with Gasteiger partial charge in [-0.25, -0.2) is 0 Å². The summed E-state index contributed by atoms with van der Waals surface area (Å²) in [5, 5.41) is 99.4. The van der Waals surface area contributed by atoms with Gasteiger partial charge in [-0.1, -0.05) is 46.3 Å². The molecule has 55 heavy (non-hydrogen) atoms. The molecule has 10 aliphatic rings. The molecule has 11 rings (SSSR count). The zero-order chi connectivity index (χ0) is 39.5. The minimum Gasteiger partial charge on any atom is -0.508 e. The summed E-state index contributed by atoms with van der Waals surface area (Å²) >= 11 is 0. The highest BCUT2D eigenvalue weighted by Gasteiger charge is 2.84. The number of rotatable bonds is 6. The Bertz CT molecular complexity index is 1860. The molecule has 0 amide bonds. The highest BCUT2D eigenvalue weighted by molar-refractivity contribution is 5.96. The van der Waals surface area contributed by atoms with Crippen LogP contribution in [0, 0.1) is 45.3 Å². The maximum absolute atomic E-state index is 14.9. The van der Waals surface area contributed by atoms with Gasteiger partial charge in [-0.3, -0.25) is 4.79 Å². The van der Waals surface area contributed by atoms with Crippen LogP contribution < -0.4 is 5.32 Å². The first kappa shape index (κ1) is 38.2. The van der Waals surface area contributed by atoms with Crippen LogP contribution in [-0.4, -0.2) is 107 Å². The van der Waals surface area contributed by atoms with Gasteiger partial charge >= 0.3 is 0 Å². The molecule has 6 saturated carbocycles. The standard InChI is InChI=1S/C44H61NO10/c1-6-45-22-25-19-37(3)8-7-28(25)44(36(51)23(37)2)42(53,13-14-46)35-30(55-44)20-43(54)31-18-29(49)34-33(24-15-26(47)17-27(48)16-24)41(52)12-11-40(31,10-9-38(35,43)4)39(34,5)21-32(41)50/h15-19,23,28,30,32-36,45-48,50-54H,6-14,20-22H2,1-5H3. The highest BCUT2D eigenvalue weighted by atomic mass is 16.6. The Kier molecular flexibility index (Phi) is 8.09. The van der Waals surface area contributed by atoms with Crippen LogP contribution in [0.25, 0.3) is 0 Å². The maximum atomic E-state index is 14.9. The van der Waals surface area contributed by atoms with Crippen LogP contribution in [0.3, 0.4) is 0 Å². The van der Waals surface area contributed by atoms with Crippen LogP contribution in [0.5, 0.6) is 11.5 Å². The minimum atomic E-state index is -1.74. The molecule has 11 heteroatoms. The molecule has 6 bridgehead atoms. The Morgan fingerprint density at radius 1 is 0.909 bits per heavy atom. The van der Waals surface area contributed by atoms with Gasteiger partial charge in [-0.2, -0.15) is 0 Å². The average molecular weight is 764 g/mol. The third-order valence-corrected chi connectivity index (χ3v) is 18.2. The number of phenols is 2. The van der Waals surface area contributed by atoms with Gasteiger partial charge in [-0.15, -0.1) is 0 Å². The summed E-state index contributed by atoms with van der Waals surface area (Å²) in [5.74, 6) is -3.72. The van der Waals surface area contributed by atoms with Crippen molar-refractivity contribution in [2.24, 2.45) is 45.3 Å². The molecule has 11 nitrogen and oxygen atoms in total. The Morgan fingerprint density at radius 3 is 2.27 bits per heavy atom. The monoisotopic (exact) mass is 763 g/mol. The zero-order valence-corrected chi connectivity index (χ0v) is 32.9. The fourth-order valence-corrected chi connectivity index (χ4v) is 15.5. The number of aromatic hydroxyl groups is 2. The minimum absolute atomic E-state index is 0.0497. The van der Waals surface area contributed by atoms with Crippen molar-refractivity contribution < 1.29 is 50.4 Å². The quantitative estimate of drug-likeness (QED) is 0.193. The van der Waals surface area contributed by atoms with Gasteiger partial charge < -0.3 is 50.9 Å². The van der Waals surface area contributed by atoms with E-state index in [9.17, 15) is 45.6 Å². The van der Waals surface area contributed by atoms with E-state index in [-0.39, 0.29) is 66.8 Å². The van der Waals surface area contributed by atoms with Crippen molar-refractivity contribution in [2.75, 3.05) is 19.7 Å². The first-order valence-electron chi connectivity index (χ1n) is 20.8. The van der Waals surface area contributed by atoms with Gasteiger partial charge in [0.1, 0.15) is 22.7 Å². The van der Waals surface area contributed by atoms with E-state index in [1.165, 1.54) is 18.2 Å². The molecular weight excluding hydrogens is 702 g/mol. The van der Waals surface area contributed by atoms with E-state index < -0.39 is 74.7 Å². The number of likely N-dealkylation sites (N-methyl/N-ethyl adjacent to an activating group) is 1. The van der Waals surface area contributed by atoms with Gasteiger partial charge in [0.25, 0.3) is 0 Å². The van der Waals surface area contributed by atoms with E-state index in [2.05, 4.69) is 18.3 Å². The molecule has 16 unspecified atom stereocenters. The Labute approximate surface area is 323 Å². The van der Waals surface area contributed by atoms with Crippen LogP contribution in [0.2, 0.25) is 0 Å². The van der Waals surface area contributed by atoms with Gasteiger partial charge in [0.05, 0.1) is 29.5 Å². The summed E-state index contributed by atoms with van der Waals surface area (Å²) in [4.78, 5) is 14.9. The molecule has 7 fully saturated rings. The summed E-state index contributed by atoms with van der Waals surface area (Å²) in [7, 11) is 0. The Hall–Kier alpha value is -2.35. The van der Waals surface area contributed by atoms with Crippen LogP contribution in [0.15, 0.2) is 41.5 Å². The van der Waals surface area contributed by atoms with Crippen LogP contribution >= 0.6 is 0 Å². The number of carbonyl (C=O) groups excluding carboxylic acids is 1. The summed E-state index contributed by atoms with van der Waals surface area (Å²) in [6.45, 7) is 11.2. The largest absolute Gasteiger partial charge is 0.508 e. The fraction of sp³-hybridized carbons (Fsp3) is 0.750. The van der Waals surface area contributed by atoms with Crippen LogP contribution in [0.1, 0.15) is 104 Å². The van der Waals surface area contributed by atoms with E-state index >= 15 is 0 Å². The van der Waals surface area contributed by atoms with Gasteiger partial charge in [0.15, 0.2) is 5.78 Å². The zero-order valence-electron chi connectivity index (χ0n) is 32.9. The molecule has 1 aliphatic heterocycles. The molecule has 9 N–H and O–H groups in total. The molecule has 1 aromatic carbocycles. The number of aliphatic hydroxyl groups is 6. The summed E-state index contributed by atoms with van der Waals surface area (Å²) < 4.78 is 7.32. The topological polar surface area (TPSA) is 200 Å². The second kappa shape index (κ2) is 11.6. The Morgan fingerprint density at radius 2 is 1.60 bits per heavy atom. The van der Waals surface area contributed by atoms with Gasteiger partial charge in [0, 0.05) is 66.6 Å². The first-order valence-corrected chi connectivity index (χ1v) is 20.8. The number of benzene rings is 1. The molecule has 9 aliphatic carbocycles. The lowest BCUT2D eigenvalue weighted by Crippen LogP contribution is -2.71. The second-order valence-corrected chi connectivity index (χ2v) is 20.0. The average Bonchev–Trinajstić information content (AvgIpc) is 3.40. The molecule has 1 heterocycles. The summed E-state index contributed by atoms with van der Waals surface area (Å²) in [5.41, 5.74) is -7.60. The fourth-order valence-electron chi connectivity index (χ4n) is 15.5. The number of phenolic OH excluding ortho intramolecular Hbond substituents is 2. The molecule has 0 radical (unpaired) electrons. The number of hydrogen-bond donors (Lipinski definition) is 9. The van der Waals surface area contributed by atoms with E-state index in [0.717, 1.165) is 18.5 Å². The predicted molar refractivity (Wildman–Crippen MR) is 202 cm³/mol. The number of hydrogen-bond acceptors (Lipinski definition) is 11. The third kappa shape index (κ3) is 4.27. The number of ketones is 1. The van der Waals surface area contributed by atoms with Crippen LogP contribution in [-0.2, 0) is 9.53 Å². The maximum Gasteiger partial charge on any atom is 0.160 e. The predicted octanol–water partition coefficient (Wildman–Crippen LogP) is 3.35. The summed E-state index contributed by atoms with van der Waals surface area (Å²) in [6, 6.07) is 4.10. The lowest BCUT2D eigenvalue weighted by Gasteiger charge is -2.67. The van der Waals surface area contributed by atoms with Crippen molar-refractivity contribution in [3.63, 3.8) is 0 Å². The number of nitrogens with one attached hydrogen (secondary N) is 1. The molecule has 1 aromatic rings. The number of fused-ring (bicyclic) bond motifs is 8. The number of ether oxygens (including phenoxy) is 1. The van der Waals surface area contributed by atoms with E-state index in [0.29, 0.717) is 43.4 Å². The van der Waals surface area contributed by atoms with E-state index in [1.807, 2.05) is 27.7 Å². The molecule has 1 saturated heterocycles. The van der Waals surface area contributed by atoms with E-state index in [4.69, 9.17) is 4.74 Å². The van der Waals surface area contributed by atoms with Crippen molar-refractivity contribution >= 4 is 5.78 Å². The van der Waals surface area contributed by atoms with Crippen molar-refractivity contribution in [1.29, 1.82) is 0 Å². The molecule has 302 valence electrons.